The molecule has 32 heavy (non-hydrogen) atoms. The SMILES string of the molecule is COC(=O)c1ccccc1NC(=O)CN1C(=O)SC(=Cc2ccc(OC)c(OC)c2)C1=O. The van der Waals surface area contributed by atoms with Crippen molar-refractivity contribution in [1.29, 1.82) is 0 Å². The first-order chi connectivity index (χ1) is 15.4. The molecule has 0 aliphatic carbocycles. The summed E-state index contributed by atoms with van der Waals surface area (Å²) in [5.74, 6) is -0.835. The Bertz CT molecular complexity index is 1110. The first-order valence-electron chi connectivity index (χ1n) is 9.32. The number of nitrogens with zero attached hydrogens (tertiary/aromatic N) is 1. The predicted octanol–water partition coefficient (Wildman–Crippen LogP) is 3.17. The second-order valence-electron chi connectivity index (χ2n) is 6.47. The molecule has 0 unspecified atom stereocenters. The van der Waals surface area contributed by atoms with Crippen molar-refractivity contribution in [3.05, 3.63) is 58.5 Å². The minimum atomic E-state index is -0.629. The van der Waals surface area contributed by atoms with E-state index in [0.717, 1.165) is 16.7 Å². The third kappa shape index (κ3) is 4.92. The number of hydrogen-bond acceptors (Lipinski definition) is 8. The maximum Gasteiger partial charge on any atom is 0.339 e. The van der Waals surface area contributed by atoms with Crippen molar-refractivity contribution in [2.45, 2.75) is 0 Å². The molecule has 1 saturated heterocycles. The van der Waals surface area contributed by atoms with E-state index in [1.54, 1.807) is 30.3 Å². The largest absolute Gasteiger partial charge is 0.493 e. The van der Waals surface area contributed by atoms with Crippen LogP contribution in [0.3, 0.4) is 0 Å². The fraction of sp³-hybridized carbons (Fsp3) is 0.182. The maximum atomic E-state index is 12.7. The van der Waals surface area contributed by atoms with Crippen LogP contribution in [0, 0.1) is 0 Å². The van der Waals surface area contributed by atoms with Gasteiger partial charge in [-0.1, -0.05) is 18.2 Å². The monoisotopic (exact) mass is 456 g/mol. The standard InChI is InChI=1S/C22H20N2O7S/c1-29-16-9-8-13(10-17(16)30-2)11-18-20(26)24(22(28)32-18)12-19(25)23-15-7-5-4-6-14(15)21(27)31-3/h4-11H,12H2,1-3H3,(H,23,25). The van der Waals surface area contributed by atoms with Crippen LogP contribution in [0.2, 0.25) is 0 Å². The van der Waals surface area contributed by atoms with Gasteiger partial charge in [-0.05, 0) is 47.7 Å². The van der Waals surface area contributed by atoms with E-state index in [1.807, 2.05) is 0 Å². The van der Waals surface area contributed by atoms with Gasteiger partial charge in [-0.25, -0.2) is 4.79 Å². The zero-order valence-corrected chi connectivity index (χ0v) is 18.4. The normalized spacial score (nSPS) is 14.5. The van der Waals surface area contributed by atoms with Crippen LogP contribution in [0.15, 0.2) is 47.4 Å². The Morgan fingerprint density at radius 1 is 1.03 bits per heavy atom. The van der Waals surface area contributed by atoms with E-state index >= 15 is 0 Å². The predicted molar refractivity (Wildman–Crippen MR) is 119 cm³/mol. The maximum absolute atomic E-state index is 12.7. The summed E-state index contributed by atoms with van der Waals surface area (Å²) in [4.78, 5) is 50.4. The molecular weight excluding hydrogens is 436 g/mol. The first kappa shape index (κ1) is 22.9. The highest BCUT2D eigenvalue weighted by molar-refractivity contribution is 8.18. The van der Waals surface area contributed by atoms with Gasteiger partial charge < -0.3 is 19.5 Å². The van der Waals surface area contributed by atoms with Gasteiger partial charge in [-0.2, -0.15) is 0 Å². The molecule has 0 aromatic heterocycles. The molecule has 2 aromatic rings. The zero-order chi connectivity index (χ0) is 23.3. The average Bonchev–Trinajstić information content (AvgIpc) is 3.05. The fourth-order valence-electron chi connectivity index (χ4n) is 2.94. The second kappa shape index (κ2) is 10.0. The molecule has 1 heterocycles. The Balaban J connectivity index is 1.74. The van der Waals surface area contributed by atoms with Crippen molar-refractivity contribution >= 4 is 46.5 Å². The van der Waals surface area contributed by atoms with Gasteiger partial charge >= 0.3 is 5.97 Å². The lowest BCUT2D eigenvalue weighted by atomic mass is 10.1. The summed E-state index contributed by atoms with van der Waals surface area (Å²) in [6.45, 7) is -0.497. The number of methoxy groups -OCH3 is 3. The van der Waals surface area contributed by atoms with Crippen molar-refractivity contribution in [2.75, 3.05) is 33.2 Å². The number of para-hydroxylation sites is 1. The van der Waals surface area contributed by atoms with Crippen LogP contribution in [0.4, 0.5) is 10.5 Å². The summed E-state index contributed by atoms with van der Waals surface area (Å²) in [5, 5.41) is 1.97. The van der Waals surface area contributed by atoms with Crippen LogP contribution < -0.4 is 14.8 Å². The summed E-state index contributed by atoms with van der Waals surface area (Å²) < 4.78 is 15.1. The highest BCUT2D eigenvalue weighted by Gasteiger charge is 2.36. The number of benzene rings is 2. The van der Waals surface area contributed by atoms with Crippen LogP contribution in [0.25, 0.3) is 6.08 Å². The number of esters is 1. The number of imide groups is 1. The van der Waals surface area contributed by atoms with Gasteiger partial charge in [0, 0.05) is 0 Å². The molecule has 3 amide bonds. The molecule has 0 bridgehead atoms. The van der Waals surface area contributed by atoms with Crippen molar-refractivity contribution in [1.82, 2.24) is 4.90 Å². The van der Waals surface area contributed by atoms with E-state index in [2.05, 4.69) is 5.32 Å². The van der Waals surface area contributed by atoms with Crippen LogP contribution in [0.1, 0.15) is 15.9 Å². The number of ether oxygens (including phenoxy) is 3. The molecule has 1 aliphatic heterocycles. The summed E-state index contributed by atoms with van der Waals surface area (Å²) in [6.07, 6.45) is 1.54. The fourth-order valence-corrected chi connectivity index (χ4v) is 3.78. The van der Waals surface area contributed by atoms with Gasteiger partial charge in [-0.3, -0.25) is 19.3 Å². The number of amides is 3. The minimum absolute atomic E-state index is 0.158. The second-order valence-corrected chi connectivity index (χ2v) is 7.46. The Morgan fingerprint density at radius 2 is 1.75 bits per heavy atom. The van der Waals surface area contributed by atoms with E-state index in [0.29, 0.717) is 17.1 Å². The molecule has 2 aromatic carbocycles. The molecule has 1 N–H and O–H groups in total. The van der Waals surface area contributed by atoms with Crippen molar-refractivity contribution < 1.29 is 33.4 Å². The average molecular weight is 456 g/mol. The number of thioether (sulfide) groups is 1. The molecule has 1 fully saturated rings. The van der Waals surface area contributed by atoms with Gasteiger partial charge in [0.05, 0.1) is 37.5 Å². The molecule has 3 rings (SSSR count). The summed E-state index contributed by atoms with van der Waals surface area (Å²) in [6, 6.07) is 11.3. The highest BCUT2D eigenvalue weighted by atomic mass is 32.2. The number of carbonyl (C=O) groups is 4. The van der Waals surface area contributed by atoms with Crippen LogP contribution in [-0.4, -0.2) is 55.8 Å². The number of anilines is 1. The highest BCUT2D eigenvalue weighted by Crippen LogP contribution is 2.34. The van der Waals surface area contributed by atoms with Gasteiger partial charge in [0.1, 0.15) is 6.54 Å². The third-order valence-corrected chi connectivity index (χ3v) is 5.39. The quantitative estimate of drug-likeness (QED) is 0.500. The van der Waals surface area contributed by atoms with Gasteiger partial charge in [-0.15, -0.1) is 0 Å². The molecule has 0 radical (unpaired) electrons. The van der Waals surface area contributed by atoms with E-state index in [4.69, 9.17) is 14.2 Å². The van der Waals surface area contributed by atoms with Crippen LogP contribution in [0.5, 0.6) is 11.5 Å². The summed E-state index contributed by atoms with van der Waals surface area (Å²) in [5.41, 5.74) is 1.01. The van der Waals surface area contributed by atoms with Crippen molar-refractivity contribution in [2.24, 2.45) is 0 Å². The van der Waals surface area contributed by atoms with E-state index in [1.165, 1.54) is 39.5 Å². The van der Waals surface area contributed by atoms with E-state index < -0.39 is 29.6 Å². The van der Waals surface area contributed by atoms with Crippen molar-refractivity contribution in [3.8, 4) is 11.5 Å². The zero-order valence-electron chi connectivity index (χ0n) is 17.5. The topological polar surface area (TPSA) is 111 Å². The first-order valence-corrected chi connectivity index (χ1v) is 10.1. The van der Waals surface area contributed by atoms with E-state index in [9.17, 15) is 19.2 Å². The van der Waals surface area contributed by atoms with E-state index in [-0.39, 0.29) is 16.2 Å². The molecule has 166 valence electrons. The Kier molecular flexibility index (Phi) is 7.16. The summed E-state index contributed by atoms with van der Waals surface area (Å²) >= 11 is 0.732. The molecular formula is C22H20N2O7S. The third-order valence-electron chi connectivity index (χ3n) is 4.49. The Morgan fingerprint density at radius 3 is 2.44 bits per heavy atom. The lowest BCUT2D eigenvalue weighted by Crippen LogP contribution is -2.36. The number of carbonyl (C=O) groups excluding carboxylic acids is 4. The Labute approximate surface area is 188 Å². The molecule has 0 atom stereocenters. The van der Waals surface area contributed by atoms with Gasteiger partial charge in [0.25, 0.3) is 11.1 Å². The molecule has 9 nitrogen and oxygen atoms in total. The minimum Gasteiger partial charge on any atom is -0.493 e. The van der Waals surface area contributed by atoms with Crippen LogP contribution >= 0.6 is 11.8 Å². The molecule has 1 aliphatic rings. The van der Waals surface area contributed by atoms with Gasteiger partial charge in [0.2, 0.25) is 5.91 Å². The number of nitrogens with one attached hydrogen (secondary N) is 1. The molecule has 0 saturated carbocycles. The number of rotatable bonds is 7. The van der Waals surface area contributed by atoms with Gasteiger partial charge in [0.15, 0.2) is 11.5 Å². The van der Waals surface area contributed by atoms with Crippen molar-refractivity contribution in [3.63, 3.8) is 0 Å². The van der Waals surface area contributed by atoms with Crippen LogP contribution in [-0.2, 0) is 14.3 Å². The molecule has 0 spiro atoms. The lowest BCUT2D eigenvalue weighted by Gasteiger charge is -2.14. The summed E-state index contributed by atoms with van der Waals surface area (Å²) in [7, 11) is 4.23. The molecule has 10 heteroatoms. The number of hydrogen-bond donors (Lipinski definition) is 1. The lowest BCUT2D eigenvalue weighted by molar-refractivity contribution is -0.127. The smallest absolute Gasteiger partial charge is 0.339 e. The Hall–Kier alpha value is -3.79.